The Kier molecular flexibility index (Phi) is 2.81. The molecule has 23 heavy (non-hydrogen) atoms. The number of aliphatic imine (C=N–C) groups is 1. The third-order valence-corrected chi connectivity index (χ3v) is 6.50. The molecule has 2 aliphatic heterocycles. The second kappa shape index (κ2) is 4.79. The summed E-state index contributed by atoms with van der Waals surface area (Å²) in [5.74, 6) is 2.38. The van der Waals surface area contributed by atoms with Gasteiger partial charge in [-0.05, 0) is 25.8 Å². The number of nitrogens with one attached hydrogen (secondary N) is 3. The van der Waals surface area contributed by atoms with Crippen LogP contribution in [0.1, 0.15) is 23.5 Å². The van der Waals surface area contributed by atoms with E-state index in [9.17, 15) is 0 Å². The first-order chi connectivity index (χ1) is 11.2. The highest BCUT2D eigenvalue weighted by atomic mass is 32.1. The van der Waals surface area contributed by atoms with Gasteiger partial charge in [-0.3, -0.25) is 5.10 Å². The van der Waals surface area contributed by atoms with E-state index < -0.39 is 0 Å². The van der Waals surface area contributed by atoms with Crippen LogP contribution in [-0.4, -0.2) is 28.6 Å². The maximum Gasteiger partial charge on any atom is 0.121 e. The van der Waals surface area contributed by atoms with E-state index in [1.54, 1.807) is 0 Å². The van der Waals surface area contributed by atoms with Gasteiger partial charge >= 0.3 is 0 Å². The number of hydrogen-bond donors (Lipinski definition) is 3. The highest BCUT2D eigenvalue weighted by Gasteiger charge is 2.41. The van der Waals surface area contributed by atoms with Gasteiger partial charge in [0.25, 0.3) is 0 Å². The molecule has 0 aromatic carbocycles. The van der Waals surface area contributed by atoms with Crippen molar-refractivity contribution in [3.8, 4) is 10.4 Å². The highest BCUT2D eigenvalue weighted by molar-refractivity contribution is 7.16. The molecule has 4 atom stereocenters. The zero-order valence-electron chi connectivity index (χ0n) is 13.1. The molecule has 1 unspecified atom stereocenters. The molecular formula is C17H19N5S. The molecule has 118 valence electrons. The van der Waals surface area contributed by atoms with Gasteiger partial charge in [0.2, 0.25) is 0 Å². The molecule has 0 spiro atoms. The molecule has 5 nitrogen and oxygen atoms in total. The van der Waals surface area contributed by atoms with Gasteiger partial charge in [0.1, 0.15) is 5.84 Å². The Balaban J connectivity index is 1.53. The largest absolute Gasteiger partial charge is 0.365 e. The normalized spacial score (nSPS) is 31.1. The average molecular weight is 325 g/mol. The lowest BCUT2D eigenvalue weighted by atomic mass is 9.80. The Labute approximate surface area is 138 Å². The molecule has 1 fully saturated rings. The maximum atomic E-state index is 4.95. The molecule has 0 amide bonds. The second-order valence-electron chi connectivity index (χ2n) is 6.64. The SMILES string of the molecule is Cc1[nH]ncc1-c1cc2c(s1)C(C)NC([C@H]1NC[C@H]3C=C[C@H]31)=N2. The van der Waals surface area contributed by atoms with Crippen LogP contribution < -0.4 is 10.6 Å². The zero-order chi connectivity index (χ0) is 15.6. The van der Waals surface area contributed by atoms with Gasteiger partial charge in [0, 0.05) is 28.6 Å². The molecular weight excluding hydrogens is 306 g/mol. The molecule has 1 saturated heterocycles. The molecule has 5 rings (SSSR count). The van der Waals surface area contributed by atoms with Gasteiger partial charge in [-0.15, -0.1) is 11.3 Å². The Morgan fingerprint density at radius 2 is 2.22 bits per heavy atom. The summed E-state index contributed by atoms with van der Waals surface area (Å²) >= 11 is 1.81. The van der Waals surface area contributed by atoms with Crippen molar-refractivity contribution in [1.29, 1.82) is 0 Å². The third-order valence-electron chi connectivity index (χ3n) is 5.16. The lowest BCUT2D eigenvalue weighted by Gasteiger charge is -2.30. The molecule has 3 aliphatic rings. The number of aryl methyl sites for hydroxylation is 1. The van der Waals surface area contributed by atoms with Crippen molar-refractivity contribution in [2.24, 2.45) is 16.8 Å². The van der Waals surface area contributed by atoms with Crippen molar-refractivity contribution >= 4 is 22.9 Å². The van der Waals surface area contributed by atoms with Gasteiger partial charge in [0.05, 0.1) is 28.8 Å². The molecule has 0 bridgehead atoms. The molecule has 2 aromatic heterocycles. The van der Waals surface area contributed by atoms with Gasteiger partial charge < -0.3 is 10.6 Å². The summed E-state index contributed by atoms with van der Waals surface area (Å²) in [6.45, 7) is 5.35. The number of aromatic nitrogens is 2. The minimum Gasteiger partial charge on any atom is -0.365 e. The number of amidine groups is 1. The number of fused-ring (bicyclic) bond motifs is 2. The van der Waals surface area contributed by atoms with Gasteiger partial charge in [-0.2, -0.15) is 5.10 Å². The quantitative estimate of drug-likeness (QED) is 0.744. The number of aromatic amines is 1. The molecule has 0 saturated carbocycles. The second-order valence-corrected chi connectivity index (χ2v) is 7.73. The van der Waals surface area contributed by atoms with Crippen LogP contribution >= 0.6 is 11.3 Å². The number of rotatable bonds is 2. The van der Waals surface area contributed by atoms with E-state index in [0.717, 1.165) is 23.8 Å². The maximum absolute atomic E-state index is 4.95. The van der Waals surface area contributed by atoms with Crippen LogP contribution in [0.25, 0.3) is 10.4 Å². The standard InChI is InChI=1S/C17H19N5S/c1-8-12(7-19-22-8)14-5-13-16(23-14)9(2)20-17(21-13)15-11-4-3-10(11)6-18-15/h3-5,7,9-11,15,18H,6H2,1-2H3,(H,19,22)(H,20,21)/t9?,10-,11-,15+/m1/s1. The van der Waals surface area contributed by atoms with Crippen LogP contribution in [0.2, 0.25) is 0 Å². The lowest BCUT2D eigenvalue weighted by molar-refractivity contribution is 0.502. The number of nitrogens with zero attached hydrogens (tertiary/aromatic N) is 2. The Morgan fingerprint density at radius 1 is 1.30 bits per heavy atom. The van der Waals surface area contributed by atoms with Crippen molar-refractivity contribution in [2.45, 2.75) is 25.9 Å². The van der Waals surface area contributed by atoms with E-state index in [2.05, 4.69) is 52.9 Å². The number of H-pyrrole nitrogens is 1. The van der Waals surface area contributed by atoms with Crippen LogP contribution in [0, 0.1) is 18.8 Å². The van der Waals surface area contributed by atoms with Crippen LogP contribution in [0.3, 0.4) is 0 Å². The summed E-state index contributed by atoms with van der Waals surface area (Å²) in [6.07, 6.45) is 6.52. The highest BCUT2D eigenvalue weighted by Crippen LogP contribution is 2.43. The Hall–Kier alpha value is -1.92. The minimum atomic E-state index is 0.299. The van der Waals surface area contributed by atoms with Crippen molar-refractivity contribution in [3.05, 3.63) is 35.0 Å². The fourth-order valence-electron chi connectivity index (χ4n) is 3.77. The predicted molar refractivity (Wildman–Crippen MR) is 93.2 cm³/mol. The minimum absolute atomic E-state index is 0.299. The average Bonchev–Trinajstić information content (AvgIpc) is 3.16. The molecule has 0 radical (unpaired) electrons. The lowest BCUT2D eigenvalue weighted by Crippen LogP contribution is -2.46. The molecule has 1 aliphatic carbocycles. The van der Waals surface area contributed by atoms with Crippen LogP contribution in [0.5, 0.6) is 0 Å². The predicted octanol–water partition coefficient (Wildman–Crippen LogP) is 2.91. The van der Waals surface area contributed by atoms with Gasteiger partial charge in [-0.1, -0.05) is 12.2 Å². The van der Waals surface area contributed by atoms with E-state index in [1.807, 2.05) is 17.5 Å². The van der Waals surface area contributed by atoms with Crippen molar-refractivity contribution in [1.82, 2.24) is 20.8 Å². The molecule has 6 heteroatoms. The van der Waals surface area contributed by atoms with E-state index >= 15 is 0 Å². The Bertz CT molecular complexity index is 830. The first kappa shape index (κ1) is 13.5. The van der Waals surface area contributed by atoms with E-state index in [4.69, 9.17) is 4.99 Å². The number of thiophene rings is 1. The monoisotopic (exact) mass is 325 g/mol. The van der Waals surface area contributed by atoms with E-state index in [-0.39, 0.29) is 0 Å². The Morgan fingerprint density at radius 3 is 2.91 bits per heavy atom. The fraction of sp³-hybridized carbons (Fsp3) is 0.412. The van der Waals surface area contributed by atoms with Gasteiger partial charge in [0.15, 0.2) is 0 Å². The third kappa shape index (κ3) is 1.95. The smallest absolute Gasteiger partial charge is 0.121 e. The van der Waals surface area contributed by atoms with Crippen molar-refractivity contribution in [3.63, 3.8) is 0 Å². The fourth-order valence-corrected chi connectivity index (χ4v) is 4.94. The molecule has 2 aromatic rings. The summed E-state index contributed by atoms with van der Waals surface area (Å²) < 4.78 is 0. The molecule has 4 heterocycles. The van der Waals surface area contributed by atoms with Crippen molar-refractivity contribution < 1.29 is 0 Å². The topological polar surface area (TPSA) is 65.1 Å². The first-order valence-corrected chi connectivity index (χ1v) is 8.93. The van der Waals surface area contributed by atoms with Crippen LogP contribution in [0.15, 0.2) is 29.4 Å². The van der Waals surface area contributed by atoms with Crippen LogP contribution in [-0.2, 0) is 0 Å². The summed E-state index contributed by atoms with van der Waals surface area (Å²) in [7, 11) is 0. The summed E-state index contributed by atoms with van der Waals surface area (Å²) in [5, 5.41) is 14.4. The summed E-state index contributed by atoms with van der Waals surface area (Å²) in [5.41, 5.74) is 3.39. The van der Waals surface area contributed by atoms with Crippen LogP contribution in [0.4, 0.5) is 5.69 Å². The van der Waals surface area contributed by atoms with Gasteiger partial charge in [-0.25, -0.2) is 4.99 Å². The zero-order valence-corrected chi connectivity index (χ0v) is 13.9. The summed E-state index contributed by atoms with van der Waals surface area (Å²) in [6, 6.07) is 2.84. The first-order valence-electron chi connectivity index (χ1n) is 8.11. The number of hydrogen-bond acceptors (Lipinski definition) is 5. The van der Waals surface area contributed by atoms with Crippen molar-refractivity contribution in [2.75, 3.05) is 6.54 Å². The van der Waals surface area contributed by atoms with E-state index in [1.165, 1.54) is 15.3 Å². The summed E-state index contributed by atoms with van der Waals surface area (Å²) in [4.78, 5) is 7.49. The van der Waals surface area contributed by atoms with E-state index in [0.29, 0.717) is 23.9 Å². The molecule has 3 N–H and O–H groups in total.